The Morgan fingerprint density at radius 1 is 1.36 bits per heavy atom. The van der Waals surface area contributed by atoms with Crippen LogP contribution in [0.3, 0.4) is 0 Å². The van der Waals surface area contributed by atoms with E-state index in [-0.39, 0.29) is 5.78 Å². The number of fused-ring (bicyclic) bond motifs is 1. The zero-order valence-corrected chi connectivity index (χ0v) is 6.03. The summed E-state index contributed by atoms with van der Waals surface area (Å²) < 4.78 is 0. The molecule has 1 heterocycles. The topological polar surface area (TPSA) is 41.8 Å². The number of carbonyl (C=O) groups is 1. The van der Waals surface area contributed by atoms with Crippen molar-refractivity contribution < 1.29 is 4.79 Å². The zero-order valence-electron chi connectivity index (χ0n) is 6.03. The van der Waals surface area contributed by atoms with Gasteiger partial charge in [0.2, 0.25) is 5.78 Å². The van der Waals surface area contributed by atoms with Gasteiger partial charge < -0.3 is 0 Å². The summed E-state index contributed by atoms with van der Waals surface area (Å²) in [5.74, 6) is -0.0440. The van der Waals surface area contributed by atoms with Crippen LogP contribution in [0.5, 0.6) is 0 Å². The van der Waals surface area contributed by atoms with Gasteiger partial charge in [-0.05, 0) is 24.6 Å². The van der Waals surface area contributed by atoms with Crippen LogP contribution in [0, 0.1) is 0 Å². The Hall–Kier alpha value is -1.51. The predicted octanol–water partition coefficient (Wildman–Crippen LogP) is 0.882. The summed E-state index contributed by atoms with van der Waals surface area (Å²) in [7, 11) is 0. The Kier molecular flexibility index (Phi) is 1.12. The maximum absolute atomic E-state index is 11.2. The second kappa shape index (κ2) is 1.99. The van der Waals surface area contributed by atoms with Crippen molar-refractivity contribution in [2.75, 3.05) is 0 Å². The third kappa shape index (κ3) is 0.852. The Balaban J connectivity index is 2.54. The highest BCUT2D eigenvalue weighted by molar-refractivity contribution is 6.52. The molecule has 3 heteroatoms. The van der Waals surface area contributed by atoms with Gasteiger partial charge in [-0.15, -0.1) is 0 Å². The van der Waals surface area contributed by atoms with E-state index in [4.69, 9.17) is 0 Å². The third-order valence-corrected chi connectivity index (χ3v) is 1.58. The van der Waals surface area contributed by atoms with Gasteiger partial charge in [-0.25, -0.2) is 9.98 Å². The number of nitrogens with zero attached hydrogens (tertiary/aromatic N) is 2. The smallest absolute Gasteiger partial charge is 0.206 e. The first-order valence-electron chi connectivity index (χ1n) is 3.32. The molecule has 11 heavy (non-hydrogen) atoms. The van der Waals surface area contributed by atoms with Crippen LogP contribution in [0.2, 0.25) is 0 Å². The number of carbonyl (C=O) groups excluding carboxylic acids is 1. The predicted molar refractivity (Wildman–Crippen MR) is 42.8 cm³/mol. The fourth-order valence-electron chi connectivity index (χ4n) is 1.10. The molecule has 0 aromatic heterocycles. The van der Waals surface area contributed by atoms with Crippen LogP contribution >= 0.6 is 0 Å². The summed E-state index contributed by atoms with van der Waals surface area (Å²) in [5.41, 5.74) is 2.09. The van der Waals surface area contributed by atoms with E-state index in [0.717, 1.165) is 5.57 Å². The fraction of sp³-hybridized carbons (Fsp3) is 0.125. The van der Waals surface area contributed by atoms with Crippen LogP contribution in [0.25, 0.3) is 0 Å². The first kappa shape index (κ1) is 6.22. The Morgan fingerprint density at radius 2 is 2.18 bits per heavy atom. The second-order valence-corrected chi connectivity index (χ2v) is 2.50. The minimum atomic E-state index is -0.0440. The van der Waals surface area contributed by atoms with Crippen molar-refractivity contribution in [3.63, 3.8) is 0 Å². The number of hydrogen-bond donors (Lipinski definition) is 0. The largest absolute Gasteiger partial charge is 0.287 e. The summed E-state index contributed by atoms with van der Waals surface area (Å²) >= 11 is 0. The SMILES string of the molecule is CC1=CC(=O)C2=NC=NC2=C1. The molecule has 2 aliphatic rings. The zero-order chi connectivity index (χ0) is 7.84. The molecule has 0 fully saturated rings. The van der Waals surface area contributed by atoms with E-state index in [0.29, 0.717) is 11.4 Å². The van der Waals surface area contributed by atoms with Crippen molar-refractivity contribution in [3.8, 4) is 0 Å². The minimum Gasteiger partial charge on any atom is -0.287 e. The van der Waals surface area contributed by atoms with Crippen LogP contribution in [-0.4, -0.2) is 17.8 Å². The van der Waals surface area contributed by atoms with E-state index in [1.165, 1.54) is 6.34 Å². The summed E-state index contributed by atoms with van der Waals surface area (Å²) in [5, 5.41) is 0. The van der Waals surface area contributed by atoms with Gasteiger partial charge in [-0.3, -0.25) is 4.79 Å². The lowest BCUT2D eigenvalue weighted by Gasteiger charge is -2.03. The van der Waals surface area contributed by atoms with Crippen molar-refractivity contribution in [3.05, 3.63) is 23.4 Å². The van der Waals surface area contributed by atoms with Gasteiger partial charge >= 0.3 is 0 Å². The molecule has 3 nitrogen and oxygen atoms in total. The molecule has 0 saturated heterocycles. The highest BCUT2D eigenvalue weighted by Crippen LogP contribution is 2.16. The molecule has 0 aromatic rings. The van der Waals surface area contributed by atoms with Crippen LogP contribution < -0.4 is 0 Å². The molecular weight excluding hydrogens is 140 g/mol. The maximum atomic E-state index is 11.2. The van der Waals surface area contributed by atoms with Gasteiger partial charge in [-0.2, -0.15) is 0 Å². The maximum Gasteiger partial charge on any atom is 0.206 e. The molecule has 0 atom stereocenters. The molecule has 1 aliphatic carbocycles. The van der Waals surface area contributed by atoms with Gasteiger partial charge in [0, 0.05) is 0 Å². The Bertz CT molecular complexity index is 345. The minimum absolute atomic E-state index is 0.0440. The second-order valence-electron chi connectivity index (χ2n) is 2.50. The lowest BCUT2D eigenvalue weighted by atomic mass is 10.0. The molecule has 54 valence electrons. The Labute approximate surface area is 63.9 Å². The molecule has 0 spiro atoms. The van der Waals surface area contributed by atoms with Crippen LogP contribution in [0.1, 0.15) is 6.92 Å². The van der Waals surface area contributed by atoms with E-state index in [9.17, 15) is 4.79 Å². The average molecular weight is 146 g/mol. The standard InChI is InChI=1S/C8H6N2O/c1-5-2-6-8(7(11)3-5)10-4-9-6/h2-4H,1H3. The molecule has 0 radical (unpaired) electrons. The molecule has 0 saturated carbocycles. The number of rotatable bonds is 0. The number of aliphatic imine (C=N–C) groups is 2. The fourth-order valence-corrected chi connectivity index (χ4v) is 1.10. The molecule has 0 unspecified atom stereocenters. The molecule has 1 aliphatic heterocycles. The molecule has 0 bridgehead atoms. The van der Waals surface area contributed by atoms with Crippen LogP contribution in [0.4, 0.5) is 0 Å². The van der Waals surface area contributed by atoms with Crippen molar-refractivity contribution in [1.29, 1.82) is 0 Å². The number of ketones is 1. The number of hydrogen-bond acceptors (Lipinski definition) is 3. The van der Waals surface area contributed by atoms with E-state index in [1.54, 1.807) is 6.08 Å². The number of allylic oxidation sites excluding steroid dienone is 4. The van der Waals surface area contributed by atoms with E-state index in [2.05, 4.69) is 9.98 Å². The van der Waals surface area contributed by atoms with Crippen LogP contribution in [-0.2, 0) is 4.79 Å². The quantitative estimate of drug-likeness (QED) is 0.468. The van der Waals surface area contributed by atoms with Gasteiger partial charge in [0.25, 0.3) is 0 Å². The third-order valence-electron chi connectivity index (χ3n) is 1.58. The van der Waals surface area contributed by atoms with Gasteiger partial charge in [0.05, 0.1) is 5.70 Å². The van der Waals surface area contributed by atoms with E-state index in [1.807, 2.05) is 13.0 Å². The normalized spacial score (nSPS) is 20.8. The van der Waals surface area contributed by atoms with Crippen molar-refractivity contribution in [1.82, 2.24) is 0 Å². The van der Waals surface area contributed by atoms with Crippen molar-refractivity contribution in [2.24, 2.45) is 9.98 Å². The molecular formula is C8H6N2O. The van der Waals surface area contributed by atoms with Crippen molar-refractivity contribution in [2.45, 2.75) is 6.92 Å². The summed E-state index contributed by atoms with van der Waals surface area (Å²) in [6.45, 7) is 1.87. The first-order valence-corrected chi connectivity index (χ1v) is 3.32. The average Bonchev–Trinajstić information content (AvgIpc) is 2.34. The highest BCUT2D eigenvalue weighted by Gasteiger charge is 2.20. The first-order chi connectivity index (χ1) is 5.27. The van der Waals surface area contributed by atoms with Crippen molar-refractivity contribution >= 4 is 17.8 Å². The molecule has 0 aromatic carbocycles. The van der Waals surface area contributed by atoms with Gasteiger partial charge in [0.15, 0.2) is 0 Å². The van der Waals surface area contributed by atoms with E-state index < -0.39 is 0 Å². The summed E-state index contributed by atoms with van der Waals surface area (Å²) in [6.07, 6.45) is 4.83. The van der Waals surface area contributed by atoms with Gasteiger partial charge in [-0.1, -0.05) is 0 Å². The highest BCUT2D eigenvalue weighted by atomic mass is 16.1. The molecule has 0 N–H and O–H groups in total. The van der Waals surface area contributed by atoms with E-state index >= 15 is 0 Å². The monoisotopic (exact) mass is 146 g/mol. The Morgan fingerprint density at radius 3 is 3.00 bits per heavy atom. The molecule has 0 amide bonds. The van der Waals surface area contributed by atoms with Crippen LogP contribution in [0.15, 0.2) is 33.4 Å². The molecule has 2 rings (SSSR count). The summed E-state index contributed by atoms with van der Waals surface area (Å²) in [6, 6.07) is 0. The lowest BCUT2D eigenvalue weighted by Crippen LogP contribution is -2.14. The van der Waals surface area contributed by atoms with Gasteiger partial charge in [0.1, 0.15) is 12.1 Å². The summed E-state index contributed by atoms with van der Waals surface area (Å²) in [4.78, 5) is 18.9. The lowest BCUT2D eigenvalue weighted by molar-refractivity contribution is -0.108.